The summed E-state index contributed by atoms with van der Waals surface area (Å²) in [5.74, 6) is 0.100. The lowest BCUT2D eigenvalue weighted by atomic mass is 10.1. The first-order valence-electron chi connectivity index (χ1n) is 5.04. The third-order valence-electron chi connectivity index (χ3n) is 2.20. The van der Waals surface area contributed by atoms with Crippen LogP contribution in [-0.2, 0) is 17.1 Å². The Bertz CT molecular complexity index is 427. The Hall–Kier alpha value is -0.920. The molecule has 0 spiro atoms. The second-order valence-corrected chi connectivity index (χ2v) is 5.56. The Kier molecular flexibility index (Phi) is 4.45. The number of rotatable bonds is 6. The lowest BCUT2D eigenvalue weighted by molar-refractivity contribution is 0.263. The van der Waals surface area contributed by atoms with Crippen LogP contribution in [0.1, 0.15) is 13.3 Å². The van der Waals surface area contributed by atoms with E-state index in [0.717, 1.165) is 0 Å². The van der Waals surface area contributed by atoms with Crippen LogP contribution in [0.5, 0.6) is 0 Å². The van der Waals surface area contributed by atoms with E-state index in [-0.39, 0.29) is 17.6 Å². The average Bonchev–Trinajstić information content (AvgIpc) is 2.63. The van der Waals surface area contributed by atoms with Crippen molar-refractivity contribution in [2.45, 2.75) is 18.4 Å². The van der Waals surface area contributed by atoms with Crippen molar-refractivity contribution in [3.8, 4) is 0 Å². The molecule has 2 N–H and O–H groups in total. The molecule has 0 amide bonds. The van der Waals surface area contributed by atoms with Gasteiger partial charge in [0.05, 0.1) is 6.33 Å². The molecule has 6 nitrogen and oxygen atoms in total. The number of aryl methyl sites for hydroxylation is 1. The van der Waals surface area contributed by atoms with E-state index in [9.17, 15) is 8.42 Å². The van der Waals surface area contributed by atoms with Crippen molar-refractivity contribution >= 4 is 10.0 Å². The van der Waals surface area contributed by atoms with Crippen molar-refractivity contribution in [3.05, 3.63) is 12.5 Å². The molecular weight excluding hydrogens is 230 g/mol. The van der Waals surface area contributed by atoms with Gasteiger partial charge in [-0.3, -0.25) is 0 Å². The Balaban J connectivity index is 2.59. The molecule has 1 aromatic heterocycles. The first-order chi connectivity index (χ1) is 7.45. The number of aliphatic hydroxyl groups excluding tert-OH is 1. The highest BCUT2D eigenvalue weighted by molar-refractivity contribution is 7.89. The molecule has 16 heavy (non-hydrogen) atoms. The van der Waals surface area contributed by atoms with Crippen LogP contribution >= 0.6 is 0 Å². The molecule has 0 aromatic carbocycles. The molecular formula is C9H17N3O3S. The fraction of sp³-hybridized carbons (Fsp3) is 0.667. The van der Waals surface area contributed by atoms with Gasteiger partial charge in [-0.15, -0.1) is 0 Å². The van der Waals surface area contributed by atoms with Gasteiger partial charge in [0, 0.05) is 26.4 Å². The van der Waals surface area contributed by atoms with Gasteiger partial charge in [0.2, 0.25) is 0 Å². The molecule has 0 aliphatic carbocycles. The standard InChI is InChI=1S/C9H17N3O3S/c1-8(3-4-13)5-11-16(14,15)9-6-12(2)7-10-9/h6-8,11,13H,3-5H2,1-2H3. The summed E-state index contributed by atoms with van der Waals surface area (Å²) in [5.41, 5.74) is 0. The number of nitrogens with one attached hydrogen (secondary N) is 1. The van der Waals surface area contributed by atoms with Crippen LogP contribution in [0, 0.1) is 5.92 Å². The summed E-state index contributed by atoms with van der Waals surface area (Å²) >= 11 is 0. The minimum Gasteiger partial charge on any atom is -0.396 e. The Morgan fingerprint density at radius 3 is 2.81 bits per heavy atom. The summed E-state index contributed by atoms with van der Waals surface area (Å²) in [6, 6.07) is 0. The number of hydrogen-bond acceptors (Lipinski definition) is 4. The van der Waals surface area contributed by atoms with Gasteiger partial charge in [0.15, 0.2) is 5.03 Å². The highest BCUT2D eigenvalue weighted by Crippen LogP contribution is 2.05. The van der Waals surface area contributed by atoms with Crippen LogP contribution in [0.2, 0.25) is 0 Å². The summed E-state index contributed by atoms with van der Waals surface area (Å²) in [6.45, 7) is 2.24. The summed E-state index contributed by atoms with van der Waals surface area (Å²) in [5, 5.41) is 8.71. The van der Waals surface area contributed by atoms with Crippen molar-refractivity contribution in [1.29, 1.82) is 0 Å². The maximum atomic E-state index is 11.7. The largest absolute Gasteiger partial charge is 0.396 e. The predicted octanol–water partition coefficient (Wildman–Crippen LogP) is -0.283. The van der Waals surface area contributed by atoms with Gasteiger partial charge in [0.25, 0.3) is 10.0 Å². The number of nitrogens with zero attached hydrogens (tertiary/aromatic N) is 2. The molecule has 0 aliphatic rings. The normalized spacial score (nSPS) is 13.9. The smallest absolute Gasteiger partial charge is 0.259 e. The number of aliphatic hydroxyl groups is 1. The van der Waals surface area contributed by atoms with Crippen LogP contribution in [0.3, 0.4) is 0 Å². The molecule has 1 unspecified atom stereocenters. The molecule has 1 heterocycles. The van der Waals surface area contributed by atoms with Crippen molar-refractivity contribution < 1.29 is 13.5 Å². The maximum absolute atomic E-state index is 11.7. The summed E-state index contributed by atoms with van der Waals surface area (Å²) < 4.78 is 27.4. The van der Waals surface area contributed by atoms with Crippen molar-refractivity contribution in [2.75, 3.05) is 13.2 Å². The molecule has 1 rings (SSSR count). The van der Waals surface area contributed by atoms with E-state index in [1.54, 1.807) is 11.6 Å². The Morgan fingerprint density at radius 2 is 2.31 bits per heavy atom. The maximum Gasteiger partial charge on any atom is 0.259 e. The molecule has 0 bridgehead atoms. The van der Waals surface area contributed by atoms with Gasteiger partial charge in [-0.05, 0) is 12.3 Å². The first-order valence-corrected chi connectivity index (χ1v) is 6.52. The van der Waals surface area contributed by atoms with E-state index >= 15 is 0 Å². The number of sulfonamides is 1. The van der Waals surface area contributed by atoms with Gasteiger partial charge >= 0.3 is 0 Å². The predicted molar refractivity (Wildman–Crippen MR) is 59.3 cm³/mol. The fourth-order valence-electron chi connectivity index (χ4n) is 1.18. The van der Waals surface area contributed by atoms with Crippen molar-refractivity contribution in [1.82, 2.24) is 14.3 Å². The van der Waals surface area contributed by atoms with Gasteiger partial charge in [-0.25, -0.2) is 18.1 Å². The molecule has 1 atom stereocenters. The summed E-state index contributed by atoms with van der Waals surface area (Å²) in [4.78, 5) is 3.77. The van der Waals surface area contributed by atoms with Gasteiger partial charge in [-0.2, -0.15) is 0 Å². The van der Waals surface area contributed by atoms with Crippen LogP contribution in [0.25, 0.3) is 0 Å². The van der Waals surface area contributed by atoms with Crippen LogP contribution in [-0.4, -0.2) is 36.2 Å². The van der Waals surface area contributed by atoms with E-state index in [0.29, 0.717) is 13.0 Å². The lowest BCUT2D eigenvalue weighted by Gasteiger charge is -2.10. The second-order valence-electron chi connectivity index (χ2n) is 3.85. The number of hydrogen-bond donors (Lipinski definition) is 2. The average molecular weight is 247 g/mol. The zero-order chi connectivity index (χ0) is 12.2. The first kappa shape index (κ1) is 13.1. The van der Waals surface area contributed by atoms with E-state index in [4.69, 9.17) is 5.11 Å². The van der Waals surface area contributed by atoms with Crippen LogP contribution in [0.15, 0.2) is 17.6 Å². The van der Waals surface area contributed by atoms with Crippen molar-refractivity contribution in [3.63, 3.8) is 0 Å². The SMILES string of the molecule is CC(CCO)CNS(=O)(=O)c1cn(C)cn1. The Morgan fingerprint density at radius 1 is 1.62 bits per heavy atom. The molecule has 92 valence electrons. The van der Waals surface area contributed by atoms with E-state index < -0.39 is 10.0 Å². The highest BCUT2D eigenvalue weighted by Gasteiger charge is 2.17. The minimum absolute atomic E-state index is 0.0196. The second kappa shape index (κ2) is 5.42. The molecule has 0 radical (unpaired) electrons. The number of aromatic nitrogens is 2. The third-order valence-corrected chi connectivity index (χ3v) is 3.51. The fourth-order valence-corrected chi connectivity index (χ4v) is 2.32. The molecule has 7 heteroatoms. The topological polar surface area (TPSA) is 84.2 Å². The number of imidazole rings is 1. The molecule has 1 aromatic rings. The molecule has 0 saturated heterocycles. The van der Waals surface area contributed by atoms with Crippen LogP contribution in [0.4, 0.5) is 0 Å². The summed E-state index contributed by atoms with van der Waals surface area (Å²) in [6.07, 6.45) is 3.45. The molecule has 0 fully saturated rings. The minimum atomic E-state index is -3.52. The Labute approximate surface area is 95.4 Å². The third kappa shape index (κ3) is 3.58. The van der Waals surface area contributed by atoms with Crippen molar-refractivity contribution in [2.24, 2.45) is 13.0 Å². The monoisotopic (exact) mass is 247 g/mol. The highest BCUT2D eigenvalue weighted by atomic mass is 32.2. The molecule has 0 saturated carbocycles. The van der Waals surface area contributed by atoms with Gasteiger partial charge in [0.1, 0.15) is 0 Å². The lowest BCUT2D eigenvalue weighted by Crippen LogP contribution is -2.29. The van der Waals surface area contributed by atoms with Gasteiger partial charge < -0.3 is 9.67 Å². The zero-order valence-electron chi connectivity index (χ0n) is 9.42. The van der Waals surface area contributed by atoms with E-state index in [1.807, 2.05) is 6.92 Å². The van der Waals surface area contributed by atoms with E-state index in [2.05, 4.69) is 9.71 Å². The van der Waals surface area contributed by atoms with Gasteiger partial charge in [-0.1, -0.05) is 6.92 Å². The van der Waals surface area contributed by atoms with E-state index in [1.165, 1.54) is 12.5 Å². The quantitative estimate of drug-likeness (QED) is 0.724. The van der Waals surface area contributed by atoms with Crippen LogP contribution < -0.4 is 4.72 Å². The molecule has 0 aliphatic heterocycles. The summed E-state index contributed by atoms with van der Waals surface area (Å²) in [7, 11) is -1.81. The zero-order valence-corrected chi connectivity index (χ0v) is 10.2.